The molecular formula is C32H32BBrF2N4O4. The van der Waals surface area contributed by atoms with E-state index >= 15 is 0 Å². The number of halogens is 3. The normalized spacial score (nSPS) is 14.8. The maximum atomic E-state index is 14.2. The molecule has 1 fully saturated rings. The van der Waals surface area contributed by atoms with E-state index in [-0.39, 0.29) is 27.3 Å². The van der Waals surface area contributed by atoms with Crippen LogP contribution in [0.3, 0.4) is 0 Å². The molecule has 44 heavy (non-hydrogen) atoms. The molecule has 2 N–H and O–H groups in total. The van der Waals surface area contributed by atoms with Gasteiger partial charge in [0.15, 0.2) is 0 Å². The van der Waals surface area contributed by atoms with Crippen LogP contribution >= 0.6 is 15.9 Å². The molecule has 0 spiro atoms. The molecule has 12 heteroatoms. The number of carbonyl (C=O) groups is 2. The summed E-state index contributed by atoms with van der Waals surface area (Å²) in [6.45, 7) is 8.34. The molecule has 0 aliphatic carbocycles. The lowest BCUT2D eigenvalue weighted by Crippen LogP contribution is -2.41. The summed E-state index contributed by atoms with van der Waals surface area (Å²) in [5.41, 5.74) is 1.47. The number of hydrogen-bond acceptors (Lipinski definition) is 6. The Hall–Kier alpha value is -4.00. The molecule has 0 radical (unpaired) electrons. The molecule has 1 aliphatic rings. The van der Waals surface area contributed by atoms with Crippen molar-refractivity contribution in [3.05, 3.63) is 124 Å². The molecule has 0 atom stereocenters. The van der Waals surface area contributed by atoms with Gasteiger partial charge in [0, 0.05) is 30.9 Å². The van der Waals surface area contributed by atoms with Crippen LogP contribution in [-0.2, 0) is 22.4 Å². The molecule has 2 aromatic heterocycles. The number of rotatable bonds is 7. The van der Waals surface area contributed by atoms with E-state index in [0.29, 0.717) is 18.7 Å². The third kappa shape index (κ3) is 8.34. The molecule has 0 saturated carbocycles. The van der Waals surface area contributed by atoms with Crippen LogP contribution in [0, 0.1) is 11.9 Å². The first-order chi connectivity index (χ1) is 20.9. The number of aromatic nitrogens is 2. The highest BCUT2D eigenvalue weighted by Crippen LogP contribution is 2.36. The molecule has 2 amide bonds. The molecule has 3 heterocycles. The fraction of sp³-hybridized carbons (Fsp3) is 0.250. The van der Waals surface area contributed by atoms with Gasteiger partial charge >= 0.3 is 7.12 Å². The highest BCUT2D eigenvalue weighted by Gasteiger charge is 2.52. The van der Waals surface area contributed by atoms with Crippen LogP contribution in [0.5, 0.6) is 0 Å². The minimum absolute atomic E-state index is 0.121. The summed E-state index contributed by atoms with van der Waals surface area (Å²) in [5, 5.41) is 5.54. The first kappa shape index (κ1) is 32.9. The van der Waals surface area contributed by atoms with Gasteiger partial charge in [-0.1, -0.05) is 60.7 Å². The minimum atomic E-state index is -0.908. The molecule has 0 bridgehead atoms. The molecule has 5 rings (SSSR count). The van der Waals surface area contributed by atoms with Gasteiger partial charge in [0.1, 0.15) is 0 Å². The summed E-state index contributed by atoms with van der Waals surface area (Å²) < 4.78 is 39.1. The van der Waals surface area contributed by atoms with E-state index in [1.54, 1.807) is 0 Å². The Bertz CT molecular complexity index is 1590. The zero-order chi connectivity index (χ0) is 31.9. The average Bonchev–Trinajstić information content (AvgIpc) is 3.23. The van der Waals surface area contributed by atoms with Crippen molar-refractivity contribution in [1.29, 1.82) is 0 Å². The second kappa shape index (κ2) is 14.2. The molecule has 1 aliphatic heterocycles. The topological polar surface area (TPSA) is 102 Å². The number of hydrogen-bond donors (Lipinski definition) is 2. The number of nitrogens with zero attached hydrogens (tertiary/aromatic N) is 2. The van der Waals surface area contributed by atoms with E-state index in [1.165, 1.54) is 24.5 Å². The molecule has 228 valence electrons. The monoisotopic (exact) mass is 664 g/mol. The quantitative estimate of drug-likeness (QED) is 0.204. The third-order valence-electron chi connectivity index (χ3n) is 7.29. The summed E-state index contributed by atoms with van der Waals surface area (Å²) in [6, 6.07) is 21.9. The van der Waals surface area contributed by atoms with E-state index in [0.717, 1.165) is 11.1 Å². The Morgan fingerprint density at radius 2 is 1.18 bits per heavy atom. The highest BCUT2D eigenvalue weighted by atomic mass is 79.9. The number of pyridine rings is 2. The van der Waals surface area contributed by atoms with E-state index in [2.05, 4.69) is 36.5 Å². The van der Waals surface area contributed by atoms with Crippen LogP contribution in [0.1, 0.15) is 59.5 Å². The maximum absolute atomic E-state index is 14.2. The number of benzene rings is 2. The SMILES string of the molecule is CC1(C)OB(c2cc(C(=O)NCc3ccccc3)cnc2F)OC1(C)C.O=C(NCc1ccccc1)c1cnc(F)c(Br)c1. The molecule has 4 aromatic rings. The van der Waals surface area contributed by atoms with Crippen molar-refractivity contribution in [3.8, 4) is 0 Å². The number of nitrogens with one attached hydrogen (secondary N) is 2. The van der Waals surface area contributed by atoms with E-state index in [4.69, 9.17) is 9.31 Å². The van der Waals surface area contributed by atoms with Crippen LogP contribution in [0.4, 0.5) is 8.78 Å². The molecule has 1 saturated heterocycles. The Morgan fingerprint density at radius 3 is 1.64 bits per heavy atom. The van der Waals surface area contributed by atoms with Crippen LogP contribution in [-0.4, -0.2) is 40.1 Å². The van der Waals surface area contributed by atoms with Crippen molar-refractivity contribution < 1.29 is 27.7 Å². The van der Waals surface area contributed by atoms with E-state index in [1.807, 2.05) is 88.4 Å². The predicted octanol–water partition coefficient (Wildman–Crippen LogP) is 5.36. The van der Waals surface area contributed by atoms with Crippen LogP contribution in [0.15, 0.2) is 89.7 Å². The molecular weight excluding hydrogens is 633 g/mol. The fourth-order valence-corrected chi connectivity index (χ4v) is 4.38. The van der Waals surface area contributed by atoms with Crippen molar-refractivity contribution >= 4 is 40.3 Å². The fourth-order valence-electron chi connectivity index (χ4n) is 4.03. The van der Waals surface area contributed by atoms with Gasteiger partial charge in [0.25, 0.3) is 11.8 Å². The van der Waals surface area contributed by atoms with Crippen molar-refractivity contribution in [3.63, 3.8) is 0 Å². The average molecular weight is 665 g/mol. The minimum Gasteiger partial charge on any atom is -0.399 e. The summed E-state index contributed by atoms with van der Waals surface area (Å²) in [5.74, 6) is -1.95. The lowest BCUT2D eigenvalue weighted by Gasteiger charge is -2.32. The molecule has 2 aromatic carbocycles. The van der Waals surface area contributed by atoms with Gasteiger partial charge in [-0.25, -0.2) is 9.97 Å². The van der Waals surface area contributed by atoms with Gasteiger partial charge in [-0.2, -0.15) is 8.78 Å². The van der Waals surface area contributed by atoms with Crippen LogP contribution in [0.2, 0.25) is 0 Å². The van der Waals surface area contributed by atoms with Gasteiger partial charge in [-0.15, -0.1) is 0 Å². The van der Waals surface area contributed by atoms with Crippen molar-refractivity contribution in [2.24, 2.45) is 0 Å². The smallest absolute Gasteiger partial charge is 0.399 e. The summed E-state index contributed by atoms with van der Waals surface area (Å²) >= 11 is 2.99. The number of amides is 2. The largest absolute Gasteiger partial charge is 0.499 e. The second-order valence-corrected chi connectivity index (χ2v) is 11.9. The molecule has 8 nitrogen and oxygen atoms in total. The first-order valence-corrected chi connectivity index (χ1v) is 14.6. The van der Waals surface area contributed by atoms with Crippen LogP contribution in [0.25, 0.3) is 0 Å². The van der Waals surface area contributed by atoms with Crippen molar-refractivity contribution in [1.82, 2.24) is 20.6 Å². The van der Waals surface area contributed by atoms with Gasteiger partial charge in [-0.05, 0) is 66.9 Å². The van der Waals surface area contributed by atoms with Gasteiger partial charge in [-0.3, -0.25) is 9.59 Å². The van der Waals surface area contributed by atoms with Gasteiger partial charge in [0.2, 0.25) is 11.9 Å². The van der Waals surface area contributed by atoms with Gasteiger partial charge in [0.05, 0.1) is 26.8 Å². The van der Waals surface area contributed by atoms with Crippen molar-refractivity contribution in [2.75, 3.05) is 0 Å². The maximum Gasteiger partial charge on any atom is 0.499 e. The highest BCUT2D eigenvalue weighted by molar-refractivity contribution is 9.10. The van der Waals surface area contributed by atoms with E-state index < -0.39 is 30.2 Å². The summed E-state index contributed by atoms with van der Waals surface area (Å²) in [6.07, 6.45) is 2.42. The van der Waals surface area contributed by atoms with Crippen molar-refractivity contribution in [2.45, 2.75) is 52.0 Å². The van der Waals surface area contributed by atoms with Gasteiger partial charge < -0.3 is 19.9 Å². The summed E-state index contributed by atoms with van der Waals surface area (Å²) in [7, 11) is -0.908. The zero-order valence-corrected chi connectivity index (χ0v) is 26.3. The Labute approximate surface area is 263 Å². The number of carbonyl (C=O) groups excluding carboxylic acids is 2. The Morgan fingerprint density at radius 1 is 0.750 bits per heavy atom. The third-order valence-corrected chi connectivity index (χ3v) is 7.84. The molecule has 0 unspecified atom stereocenters. The zero-order valence-electron chi connectivity index (χ0n) is 24.7. The predicted molar refractivity (Wildman–Crippen MR) is 167 cm³/mol. The first-order valence-electron chi connectivity index (χ1n) is 13.8. The lowest BCUT2D eigenvalue weighted by molar-refractivity contribution is 0.00578. The Balaban J connectivity index is 0.000000215. The Kier molecular flexibility index (Phi) is 10.6. The van der Waals surface area contributed by atoms with E-state index in [9.17, 15) is 18.4 Å². The van der Waals surface area contributed by atoms with Crippen LogP contribution < -0.4 is 16.1 Å². The second-order valence-electron chi connectivity index (χ2n) is 11.0. The lowest BCUT2D eigenvalue weighted by atomic mass is 9.79. The standard InChI is InChI=1S/C19H22BFN2O3.C13H10BrFN2O/c1-18(2)19(3,4)26-20(25-18)15-10-14(12-22-16(15)21)17(24)23-11-13-8-6-5-7-9-13;14-11-6-10(8-16-12(11)15)13(18)17-7-9-4-2-1-3-5-9/h5-10,12H,11H2,1-4H3,(H,23,24);1-6,8H,7H2,(H,17,18). The summed E-state index contributed by atoms with van der Waals surface area (Å²) in [4.78, 5) is 31.4.